The quantitative estimate of drug-likeness (QED) is 0.810. The van der Waals surface area contributed by atoms with Crippen molar-refractivity contribution in [1.29, 1.82) is 0 Å². The lowest BCUT2D eigenvalue weighted by Gasteiger charge is -2.35. The van der Waals surface area contributed by atoms with Gasteiger partial charge in [-0.25, -0.2) is 9.59 Å². The minimum Gasteiger partial charge on any atom is -0.480 e. The maximum atomic E-state index is 12.4. The van der Waals surface area contributed by atoms with Gasteiger partial charge in [-0.05, 0) is 39.5 Å². The second kappa shape index (κ2) is 6.54. The SMILES string of the molecule is CC(C)(NC(=O)C1CCCN(C(=O)N2CCCC2)C1)C(=O)O. The Morgan fingerprint density at radius 2 is 1.64 bits per heavy atom. The summed E-state index contributed by atoms with van der Waals surface area (Å²) in [5, 5.41) is 11.7. The maximum absolute atomic E-state index is 12.4. The number of carboxylic acids is 1. The van der Waals surface area contributed by atoms with Crippen LogP contribution in [0.4, 0.5) is 4.79 Å². The number of likely N-dealkylation sites (tertiary alicyclic amines) is 2. The Balaban J connectivity index is 1.93. The van der Waals surface area contributed by atoms with E-state index in [0.717, 1.165) is 32.4 Å². The van der Waals surface area contributed by atoms with Crippen molar-refractivity contribution in [3.63, 3.8) is 0 Å². The fourth-order valence-electron chi connectivity index (χ4n) is 2.94. The van der Waals surface area contributed by atoms with E-state index in [0.29, 0.717) is 19.5 Å². The molecule has 1 unspecified atom stereocenters. The molecule has 0 radical (unpaired) electrons. The first-order chi connectivity index (χ1) is 10.3. The molecular weight excluding hydrogens is 286 g/mol. The molecule has 1 atom stereocenters. The number of piperidine rings is 1. The van der Waals surface area contributed by atoms with E-state index < -0.39 is 11.5 Å². The van der Waals surface area contributed by atoms with Crippen LogP contribution in [0.1, 0.15) is 39.5 Å². The summed E-state index contributed by atoms with van der Waals surface area (Å²) in [6, 6.07) is 0.00694. The summed E-state index contributed by atoms with van der Waals surface area (Å²) in [6.07, 6.45) is 3.53. The summed E-state index contributed by atoms with van der Waals surface area (Å²) in [4.78, 5) is 39.3. The Bertz CT molecular complexity index is 458. The Kier molecular flexibility index (Phi) is 4.93. The fraction of sp³-hybridized carbons (Fsp3) is 0.800. The highest BCUT2D eigenvalue weighted by Gasteiger charge is 2.35. The number of hydrogen-bond acceptors (Lipinski definition) is 3. The molecule has 2 fully saturated rings. The second-order valence-electron chi connectivity index (χ2n) is 6.68. The van der Waals surface area contributed by atoms with Crippen LogP contribution in [0.2, 0.25) is 0 Å². The van der Waals surface area contributed by atoms with Crippen molar-refractivity contribution in [3.8, 4) is 0 Å². The van der Waals surface area contributed by atoms with Gasteiger partial charge in [0.05, 0.1) is 5.92 Å². The van der Waals surface area contributed by atoms with Crippen LogP contribution < -0.4 is 5.32 Å². The van der Waals surface area contributed by atoms with Crippen molar-refractivity contribution >= 4 is 17.9 Å². The zero-order valence-corrected chi connectivity index (χ0v) is 13.3. The Morgan fingerprint density at radius 1 is 1.05 bits per heavy atom. The summed E-state index contributed by atoms with van der Waals surface area (Å²) in [5.41, 5.74) is -1.29. The van der Waals surface area contributed by atoms with Crippen molar-refractivity contribution in [3.05, 3.63) is 0 Å². The number of carbonyl (C=O) groups excluding carboxylic acids is 2. The third kappa shape index (κ3) is 3.69. The highest BCUT2D eigenvalue weighted by Crippen LogP contribution is 2.20. The first kappa shape index (κ1) is 16.6. The van der Waals surface area contributed by atoms with E-state index in [2.05, 4.69) is 5.32 Å². The van der Waals surface area contributed by atoms with Crippen LogP contribution in [0, 0.1) is 5.92 Å². The zero-order valence-electron chi connectivity index (χ0n) is 13.3. The number of carbonyl (C=O) groups is 3. The number of aliphatic carboxylic acids is 1. The molecule has 2 aliphatic heterocycles. The van der Waals surface area contributed by atoms with Crippen LogP contribution in [-0.2, 0) is 9.59 Å². The summed E-state index contributed by atoms with van der Waals surface area (Å²) in [7, 11) is 0. The van der Waals surface area contributed by atoms with Crippen molar-refractivity contribution in [2.75, 3.05) is 26.2 Å². The first-order valence-corrected chi connectivity index (χ1v) is 7.90. The van der Waals surface area contributed by atoms with Crippen LogP contribution >= 0.6 is 0 Å². The lowest BCUT2D eigenvalue weighted by molar-refractivity contribution is -0.147. The number of hydrogen-bond donors (Lipinski definition) is 2. The molecule has 0 saturated carbocycles. The molecule has 124 valence electrons. The Labute approximate surface area is 130 Å². The molecule has 0 bridgehead atoms. The van der Waals surface area contributed by atoms with Crippen LogP contribution in [0.5, 0.6) is 0 Å². The van der Waals surface area contributed by atoms with Gasteiger partial charge in [0.2, 0.25) is 5.91 Å². The van der Waals surface area contributed by atoms with Gasteiger partial charge in [0.1, 0.15) is 5.54 Å². The van der Waals surface area contributed by atoms with E-state index in [1.807, 2.05) is 4.90 Å². The molecule has 2 heterocycles. The molecule has 0 aromatic rings. The molecule has 2 saturated heterocycles. The van der Waals surface area contributed by atoms with Crippen molar-refractivity contribution in [2.24, 2.45) is 5.92 Å². The lowest BCUT2D eigenvalue weighted by Crippen LogP contribution is -2.55. The van der Waals surface area contributed by atoms with Gasteiger partial charge < -0.3 is 20.2 Å². The standard InChI is InChI=1S/C15H25N3O4/c1-15(2,13(20)21)16-12(19)11-6-5-9-18(10-11)14(22)17-7-3-4-8-17/h11H,3-10H2,1-2H3,(H,16,19)(H,20,21). The molecular formula is C15H25N3O4. The van der Waals surface area contributed by atoms with Crippen LogP contribution in [0.3, 0.4) is 0 Å². The smallest absolute Gasteiger partial charge is 0.328 e. The number of nitrogens with zero attached hydrogens (tertiary/aromatic N) is 2. The molecule has 2 aliphatic rings. The van der Waals surface area contributed by atoms with Gasteiger partial charge in [0.15, 0.2) is 0 Å². The third-order valence-corrected chi connectivity index (χ3v) is 4.41. The lowest BCUT2D eigenvalue weighted by atomic mass is 9.95. The topological polar surface area (TPSA) is 90.0 Å². The summed E-state index contributed by atoms with van der Waals surface area (Å²) >= 11 is 0. The highest BCUT2D eigenvalue weighted by molar-refractivity contribution is 5.88. The highest BCUT2D eigenvalue weighted by atomic mass is 16.4. The van der Waals surface area contributed by atoms with Crippen LogP contribution in [0.25, 0.3) is 0 Å². The normalized spacial score (nSPS) is 22.5. The number of urea groups is 1. The summed E-state index contributed by atoms with van der Waals surface area (Å²) < 4.78 is 0. The second-order valence-corrected chi connectivity index (χ2v) is 6.68. The van der Waals surface area contributed by atoms with E-state index in [-0.39, 0.29) is 17.9 Å². The molecule has 2 N–H and O–H groups in total. The molecule has 0 aliphatic carbocycles. The number of carboxylic acid groups (broad SMARTS) is 1. The minimum atomic E-state index is -1.29. The van der Waals surface area contributed by atoms with E-state index in [9.17, 15) is 14.4 Å². The van der Waals surface area contributed by atoms with Gasteiger partial charge in [-0.15, -0.1) is 0 Å². The average Bonchev–Trinajstić information content (AvgIpc) is 3.00. The molecule has 2 rings (SSSR count). The van der Waals surface area contributed by atoms with Gasteiger partial charge in [-0.2, -0.15) is 0 Å². The van der Waals surface area contributed by atoms with Gasteiger partial charge in [-0.1, -0.05) is 0 Å². The van der Waals surface area contributed by atoms with Gasteiger partial charge in [0, 0.05) is 26.2 Å². The van der Waals surface area contributed by atoms with Crippen LogP contribution in [0.15, 0.2) is 0 Å². The Hall–Kier alpha value is -1.79. The number of amides is 3. The van der Waals surface area contributed by atoms with Gasteiger partial charge in [0.25, 0.3) is 0 Å². The third-order valence-electron chi connectivity index (χ3n) is 4.41. The van der Waals surface area contributed by atoms with Crippen molar-refractivity contribution < 1.29 is 19.5 Å². The van der Waals surface area contributed by atoms with E-state index in [1.54, 1.807) is 4.90 Å². The van der Waals surface area contributed by atoms with Crippen molar-refractivity contribution in [2.45, 2.75) is 45.1 Å². The zero-order chi connectivity index (χ0) is 16.3. The average molecular weight is 311 g/mol. The number of rotatable bonds is 3. The van der Waals surface area contributed by atoms with E-state index in [1.165, 1.54) is 13.8 Å². The van der Waals surface area contributed by atoms with E-state index in [4.69, 9.17) is 5.11 Å². The monoisotopic (exact) mass is 311 g/mol. The molecule has 22 heavy (non-hydrogen) atoms. The molecule has 0 aromatic heterocycles. The minimum absolute atomic E-state index is 0.00694. The molecule has 7 nitrogen and oxygen atoms in total. The van der Waals surface area contributed by atoms with E-state index >= 15 is 0 Å². The fourth-order valence-corrected chi connectivity index (χ4v) is 2.94. The summed E-state index contributed by atoms with van der Waals surface area (Å²) in [6.45, 7) is 5.54. The molecule has 3 amide bonds. The maximum Gasteiger partial charge on any atom is 0.328 e. The van der Waals surface area contributed by atoms with Gasteiger partial charge in [-0.3, -0.25) is 4.79 Å². The molecule has 0 aromatic carbocycles. The van der Waals surface area contributed by atoms with Gasteiger partial charge >= 0.3 is 12.0 Å². The predicted octanol–water partition coefficient (Wildman–Crippen LogP) is 0.894. The molecule has 0 spiro atoms. The first-order valence-electron chi connectivity index (χ1n) is 7.90. The predicted molar refractivity (Wildman–Crippen MR) is 80.4 cm³/mol. The molecule has 7 heteroatoms. The largest absolute Gasteiger partial charge is 0.480 e. The van der Waals surface area contributed by atoms with Crippen molar-refractivity contribution in [1.82, 2.24) is 15.1 Å². The number of nitrogens with one attached hydrogen (secondary N) is 1. The van der Waals surface area contributed by atoms with Crippen LogP contribution in [-0.4, -0.2) is 64.5 Å². The Morgan fingerprint density at radius 3 is 2.23 bits per heavy atom. The summed E-state index contributed by atoms with van der Waals surface area (Å²) in [5.74, 6) is -1.69.